The Morgan fingerprint density at radius 1 is 1.15 bits per heavy atom. The fourth-order valence-corrected chi connectivity index (χ4v) is 1.82. The first-order chi connectivity index (χ1) is 9.47. The summed E-state index contributed by atoms with van der Waals surface area (Å²) >= 11 is 10.4. The van der Waals surface area contributed by atoms with Crippen LogP contribution in [0.4, 0.5) is 10.1 Å². The molecular formula is C14H10ClFN2OS. The number of thiocarbonyl (C=S) groups is 1. The van der Waals surface area contributed by atoms with Crippen LogP contribution in [0.15, 0.2) is 42.5 Å². The Kier molecular flexibility index (Phi) is 4.32. The van der Waals surface area contributed by atoms with Gasteiger partial charge in [0.1, 0.15) is 10.8 Å². The van der Waals surface area contributed by atoms with Crippen molar-refractivity contribution in [2.24, 2.45) is 5.73 Å². The maximum atomic E-state index is 13.3. The summed E-state index contributed by atoms with van der Waals surface area (Å²) in [4.78, 5) is 12.2. The van der Waals surface area contributed by atoms with E-state index in [1.807, 2.05) is 0 Å². The summed E-state index contributed by atoms with van der Waals surface area (Å²) in [6, 6.07) is 10.5. The topological polar surface area (TPSA) is 55.1 Å². The van der Waals surface area contributed by atoms with Gasteiger partial charge in [0.25, 0.3) is 5.91 Å². The molecule has 102 valence electrons. The Labute approximate surface area is 125 Å². The molecule has 0 unspecified atom stereocenters. The normalized spacial score (nSPS) is 10.1. The molecule has 2 aromatic carbocycles. The Bertz CT molecular complexity index is 673. The third-order valence-electron chi connectivity index (χ3n) is 2.61. The highest BCUT2D eigenvalue weighted by Crippen LogP contribution is 2.19. The number of carbonyl (C=O) groups is 1. The number of hydrogen-bond acceptors (Lipinski definition) is 2. The summed E-state index contributed by atoms with van der Waals surface area (Å²) in [5.74, 6) is -0.950. The quantitative estimate of drug-likeness (QED) is 0.855. The lowest BCUT2D eigenvalue weighted by Crippen LogP contribution is -2.13. The minimum absolute atomic E-state index is 0.00353. The van der Waals surface area contributed by atoms with Crippen molar-refractivity contribution < 1.29 is 9.18 Å². The van der Waals surface area contributed by atoms with Gasteiger partial charge in [-0.3, -0.25) is 4.79 Å². The van der Waals surface area contributed by atoms with Crippen molar-refractivity contribution in [1.29, 1.82) is 0 Å². The van der Waals surface area contributed by atoms with Crippen LogP contribution in [0.2, 0.25) is 5.02 Å². The first kappa shape index (κ1) is 14.4. The van der Waals surface area contributed by atoms with E-state index in [4.69, 9.17) is 29.6 Å². The SMILES string of the molecule is NC(=S)c1ccc(C(=O)Nc2ccc(Cl)c(F)c2)cc1. The molecule has 2 aromatic rings. The number of nitrogens with two attached hydrogens (primary N) is 1. The number of benzene rings is 2. The summed E-state index contributed by atoms with van der Waals surface area (Å²) in [5.41, 5.74) is 6.89. The average Bonchev–Trinajstić information content (AvgIpc) is 2.43. The number of amides is 1. The third-order valence-corrected chi connectivity index (χ3v) is 3.15. The third kappa shape index (κ3) is 3.31. The monoisotopic (exact) mass is 308 g/mol. The van der Waals surface area contributed by atoms with Crippen molar-refractivity contribution in [3.8, 4) is 0 Å². The van der Waals surface area contributed by atoms with Crippen molar-refractivity contribution in [3.63, 3.8) is 0 Å². The standard InChI is InChI=1S/C14H10ClFN2OS/c15-11-6-5-10(7-12(11)16)18-14(19)9-3-1-8(2-4-9)13(17)20/h1-7H,(H2,17,20)(H,18,19). The van der Waals surface area contributed by atoms with Crippen LogP contribution in [0.3, 0.4) is 0 Å². The van der Waals surface area contributed by atoms with E-state index in [1.54, 1.807) is 24.3 Å². The molecule has 0 aliphatic rings. The molecular weight excluding hydrogens is 299 g/mol. The Balaban J connectivity index is 2.15. The van der Waals surface area contributed by atoms with Gasteiger partial charge in [0, 0.05) is 16.8 Å². The minimum Gasteiger partial charge on any atom is -0.389 e. The van der Waals surface area contributed by atoms with Gasteiger partial charge in [-0.05, 0) is 30.3 Å². The fraction of sp³-hybridized carbons (Fsp3) is 0. The van der Waals surface area contributed by atoms with Crippen molar-refractivity contribution in [3.05, 3.63) is 64.4 Å². The van der Waals surface area contributed by atoms with Crippen LogP contribution in [-0.2, 0) is 0 Å². The molecule has 0 aromatic heterocycles. The zero-order valence-corrected chi connectivity index (χ0v) is 11.8. The molecule has 0 fully saturated rings. The molecule has 0 saturated carbocycles. The molecule has 3 nitrogen and oxygen atoms in total. The summed E-state index contributed by atoms with van der Waals surface area (Å²) in [5, 5.41) is 2.58. The molecule has 0 heterocycles. The van der Waals surface area contributed by atoms with E-state index in [0.717, 1.165) is 6.07 Å². The van der Waals surface area contributed by atoms with Gasteiger partial charge >= 0.3 is 0 Å². The number of halogens is 2. The molecule has 2 rings (SSSR count). The van der Waals surface area contributed by atoms with Crippen molar-refractivity contribution >= 4 is 40.4 Å². The summed E-state index contributed by atoms with van der Waals surface area (Å²) in [6.45, 7) is 0. The van der Waals surface area contributed by atoms with Gasteiger partial charge < -0.3 is 11.1 Å². The Hall–Kier alpha value is -1.98. The highest BCUT2D eigenvalue weighted by molar-refractivity contribution is 7.80. The lowest BCUT2D eigenvalue weighted by Gasteiger charge is -2.06. The fourth-order valence-electron chi connectivity index (χ4n) is 1.56. The lowest BCUT2D eigenvalue weighted by molar-refractivity contribution is 0.102. The smallest absolute Gasteiger partial charge is 0.255 e. The van der Waals surface area contributed by atoms with E-state index in [-0.39, 0.29) is 15.9 Å². The predicted octanol–water partition coefficient (Wildman–Crippen LogP) is 3.37. The molecule has 0 atom stereocenters. The minimum atomic E-state index is -0.590. The van der Waals surface area contributed by atoms with Crippen LogP contribution in [-0.4, -0.2) is 10.9 Å². The van der Waals surface area contributed by atoms with E-state index in [2.05, 4.69) is 5.32 Å². The second-order valence-corrected chi connectivity index (χ2v) is 4.87. The molecule has 3 N–H and O–H groups in total. The van der Waals surface area contributed by atoms with Crippen molar-refractivity contribution in [2.75, 3.05) is 5.32 Å². The number of carbonyl (C=O) groups excluding carboxylic acids is 1. The van der Waals surface area contributed by atoms with Crippen LogP contribution in [0.25, 0.3) is 0 Å². The van der Waals surface area contributed by atoms with E-state index < -0.39 is 5.82 Å². The number of rotatable bonds is 3. The molecule has 0 aliphatic carbocycles. The van der Waals surface area contributed by atoms with Gasteiger partial charge in [-0.2, -0.15) is 0 Å². The molecule has 0 saturated heterocycles. The molecule has 0 aliphatic heterocycles. The molecule has 0 bridgehead atoms. The first-order valence-electron chi connectivity index (χ1n) is 5.63. The van der Waals surface area contributed by atoms with Gasteiger partial charge in [-0.15, -0.1) is 0 Å². The number of nitrogens with one attached hydrogen (secondary N) is 1. The second-order valence-electron chi connectivity index (χ2n) is 4.02. The summed E-state index contributed by atoms with van der Waals surface area (Å²) < 4.78 is 13.3. The van der Waals surface area contributed by atoms with E-state index >= 15 is 0 Å². The highest BCUT2D eigenvalue weighted by atomic mass is 35.5. The maximum Gasteiger partial charge on any atom is 0.255 e. The largest absolute Gasteiger partial charge is 0.389 e. The zero-order chi connectivity index (χ0) is 14.7. The zero-order valence-electron chi connectivity index (χ0n) is 10.2. The molecule has 0 radical (unpaired) electrons. The van der Waals surface area contributed by atoms with Gasteiger partial charge in [-0.1, -0.05) is 36.0 Å². The maximum absolute atomic E-state index is 13.3. The van der Waals surface area contributed by atoms with Gasteiger partial charge in [0.2, 0.25) is 0 Å². The Morgan fingerprint density at radius 2 is 1.75 bits per heavy atom. The van der Waals surface area contributed by atoms with Crippen LogP contribution in [0.5, 0.6) is 0 Å². The van der Waals surface area contributed by atoms with Crippen LogP contribution < -0.4 is 11.1 Å². The lowest BCUT2D eigenvalue weighted by atomic mass is 10.1. The van der Waals surface area contributed by atoms with Gasteiger partial charge in [0.05, 0.1) is 5.02 Å². The van der Waals surface area contributed by atoms with Gasteiger partial charge in [-0.25, -0.2) is 4.39 Å². The number of hydrogen-bond donors (Lipinski definition) is 2. The first-order valence-corrected chi connectivity index (χ1v) is 6.42. The predicted molar refractivity (Wildman–Crippen MR) is 81.7 cm³/mol. The van der Waals surface area contributed by atoms with E-state index in [0.29, 0.717) is 16.8 Å². The Morgan fingerprint density at radius 3 is 2.30 bits per heavy atom. The van der Waals surface area contributed by atoms with E-state index in [9.17, 15) is 9.18 Å². The van der Waals surface area contributed by atoms with Crippen molar-refractivity contribution in [2.45, 2.75) is 0 Å². The molecule has 6 heteroatoms. The summed E-state index contributed by atoms with van der Waals surface area (Å²) in [7, 11) is 0. The molecule has 1 amide bonds. The number of anilines is 1. The van der Waals surface area contributed by atoms with Crippen LogP contribution in [0.1, 0.15) is 15.9 Å². The summed E-state index contributed by atoms with van der Waals surface area (Å²) in [6.07, 6.45) is 0. The van der Waals surface area contributed by atoms with Crippen molar-refractivity contribution in [1.82, 2.24) is 0 Å². The highest BCUT2D eigenvalue weighted by Gasteiger charge is 2.08. The van der Waals surface area contributed by atoms with E-state index in [1.165, 1.54) is 12.1 Å². The molecule has 0 spiro atoms. The molecule has 20 heavy (non-hydrogen) atoms. The van der Waals surface area contributed by atoms with Crippen LogP contribution in [0, 0.1) is 5.82 Å². The average molecular weight is 309 g/mol. The van der Waals surface area contributed by atoms with Crippen LogP contribution >= 0.6 is 23.8 Å². The van der Waals surface area contributed by atoms with Gasteiger partial charge in [0.15, 0.2) is 0 Å². The second kappa shape index (κ2) is 5.98.